The van der Waals surface area contributed by atoms with E-state index >= 15 is 0 Å². The maximum absolute atomic E-state index is 5.90. The van der Waals surface area contributed by atoms with Crippen LogP contribution in [-0.4, -0.2) is 12.7 Å². The molecule has 0 aliphatic heterocycles. The minimum absolute atomic E-state index is 0.473. The molecular formula is C19H40O. The SMILES string of the molecule is CCCCCCCCCOC(C)CCCCCCCC. The van der Waals surface area contributed by atoms with E-state index in [1.54, 1.807) is 0 Å². The smallest absolute Gasteiger partial charge is 0.0547 e. The van der Waals surface area contributed by atoms with Gasteiger partial charge in [-0.05, 0) is 19.8 Å². The van der Waals surface area contributed by atoms with Crippen molar-refractivity contribution in [1.82, 2.24) is 0 Å². The molecule has 0 N–H and O–H groups in total. The van der Waals surface area contributed by atoms with Crippen LogP contribution in [0.2, 0.25) is 0 Å². The molecule has 0 amide bonds. The maximum Gasteiger partial charge on any atom is 0.0547 e. The van der Waals surface area contributed by atoms with Gasteiger partial charge in [0.2, 0.25) is 0 Å². The molecule has 1 heteroatoms. The van der Waals surface area contributed by atoms with E-state index in [0.29, 0.717) is 6.10 Å². The Bertz CT molecular complexity index is 167. The van der Waals surface area contributed by atoms with Crippen molar-refractivity contribution in [3.05, 3.63) is 0 Å². The van der Waals surface area contributed by atoms with Gasteiger partial charge in [-0.15, -0.1) is 0 Å². The van der Waals surface area contributed by atoms with Gasteiger partial charge in [0.1, 0.15) is 0 Å². The first-order valence-electron chi connectivity index (χ1n) is 9.42. The second kappa shape index (κ2) is 17.0. The maximum atomic E-state index is 5.90. The highest BCUT2D eigenvalue weighted by atomic mass is 16.5. The van der Waals surface area contributed by atoms with Crippen LogP contribution in [0.1, 0.15) is 111 Å². The summed E-state index contributed by atoms with van der Waals surface area (Å²) in [4.78, 5) is 0. The number of rotatable bonds is 16. The van der Waals surface area contributed by atoms with Crippen molar-refractivity contribution in [2.24, 2.45) is 0 Å². The van der Waals surface area contributed by atoms with Gasteiger partial charge in [-0.3, -0.25) is 0 Å². The summed E-state index contributed by atoms with van der Waals surface area (Å²) in [7, 11) is 0. The third kappa shape index (κ3) is 16.0. The molecule has 0 saturated carbocycles. The molecule has 0 aromatic heterocycles. The summed E-state index contributed by atoms with van der Waals surface area (Å²) in [5.41, 5.74) is 0. The van der Waals surface area contributed by atoms with Gasteiger partial charge in [-0.1, -0.05) is 90.9 Å². The van der Waals surface area contributed by atoms with Crippen molar-refractivity contribution in [2.45, 2.75) is 117 Å². The highest BCUT2D eigenvalue weighted by Gasteiger charge is 2.01. The second-order valence-corrected chi connectivity index (χ2v) is 6.36. The Kier molecular flexibility index (Phi) is 17.0. The third-order valence-corrected chi connectivity index (χ3v) is 4.11. The second-order valence-electron chi connectivity index (χ2n) is 6.36. The topological polar surface area (TPSA) is 9.23 Å². The molecule has 0 fully saturated rings. The lowest BCUT2D eigenvalue weighted by Crippen LogP contribution is -2.09. The minimum Gasteiger partial charge on any atom is -0.379 e. The van der Waals surface area contributed by atoms with Crippen LogP contribution >= 0.6 is 0 Å². The summed E-state index contributed by atoms with van der Waals surface area (Å²) in [6.07, 6.45) is 19.7. The van der Waals surface area contributed by atoms with Gasteiger partial charge in [-0.2, -0.15) is 0 Å². The zero-order valence-corrected chi connectivity index (χ0v) is 14.6. The van der Waals surface area contributed by atoms with E-state index in [2.05, 4.69) is 20.8 Å². The Balaban J connectivity index is 3.10. The van der Waals surface area contributed by atoms with E-state index in [1.807, 2.05) is 0 Å². The van der Waals surface area contributed by atoms with Crippen LogP contribution in [-0.2, 0) is 4.74 Å². The average molecular weight is 285 g/mol. The zero-order chi connectivity index (χ0) is 14.9. The van der Waals surface area contributed by atoms with Gasteiger partial charge < -0.3 is 4.74 Å². The predicted molar refractivity (Wildman–Crippen MR) is 91.4 cm³/mol. The van der Waals surface area contributed by atoms with E-state index in [9.17, 15) is 0 Å². The van der Waals surface area contributed by atoms with E-state index in [1.165, 1.54) is 89.9 Å². The third-order valence-electron chi connectivity index (χ3n) is 4.11. The molecule has 0 aliphatic rings. The molecule has 122 valence electrons. The van der Waals surface area contributed by atoms with Gasteiger partial charge >= 0.3 is 0 Å². The number of hydrogen-bond acceptors (Lipinski definition) is 1. The Morgan fingerprint density at radius 2 is 1.05 bits per heavy atom. The molecule has 0 spiro atoms. The number of hydrogen-bond donors (Lipinski definition) is 0. The fraction of sp³-hybridized carbons (Fsp3) is 1.00. The molecule has 0 heterocycles. The highest BCUT2D eigenvalue weighted by Crippen LogP contribution is 2.11. The standard InChI is InChI=1S/C19H40O/c1-4-6-8-10-12-14-16-18-20-19(3)17-15-13-11-9-7-5-2/h19H,4-18H2,1-3H3. The van der Waals surface area contributed by atoms with Gasteiger partial charge in [-0.25, -0.2) is 0 Å². The van der Waals surface area contributed by atoms with E-state index in [-0.39, 0.29) is 0 Å². The predicted octanol–water partition coefficient (Wildman–Crippen LogP) is 6.89. The molecule has 0 aromatic carbocycles. The van der Waals surface area contributed by atoms with Gasteiger partial charge in [0.05, 0.1) is 6.10 Å². The zero-order valence-electron chi connectivity index (χ0n) is 14.6. The van der Waals surface area contributed by atoms with Crippen LogP contribution < -0.4 is 0 Å². The van der Waals surface area contributed by atoms with Crippen molar-refractivity contribution in [3.8, 4) is 0 Å². The van der Waals surface area contributed by atoms with Crippen LogP contribution in [0.4, 0.5) is 0 Å². The molecule has 0 radical (unpaired) electrons. The quantitative estimate of drug-likeness (QED) is 0.280. The van der Waals surface area contributed by atoms with Gasteiger partial charge in [0.15, 0.2) is 0 Å². The van der Waals surface area contributed by atoms with Gasteiger partial charge in [0, 0.05) is 6.61 Å². The number of ether oxygens (including phenoxy) is 1. The number of unbranched alkanes of at least 4 members (excludes halogenated alkanes) is 11. The molecular weight excluding hydrogens is 244 g/mol. The Morgan fingerprint density at radius 3 is 1.60 bits per heavy atom. The lowest BCUT2D eigenvalue weighted by Gasteiger charge is -2.12. The molecule has 0 aliphatic carbocycles. The molecule has 0 rings (SSSR count). The molecule has 1 atom stereocenters. The van der Waals surface area contributed by atoms with Crippen LogP contribution in [0.15, 0.2) is 0 Å². The Hall–Kier alpha value is -0.0400. The lowest BCUT2D eigenvalue weighted by molar-refractivity contribution is 0.0557. The van der Waals surface area contributed by atoms with Crippen LogP contribution in [0.5, 0.6) is 0 Å². The lowest BCUT2D eigenvalue weighted by atomic mass is 10.1. The molecule has 1 nitrogen and oxygen atoms in total. The summed E-state index contributed by atoms with van der Waals surface area (Å²) in [5, 5.41) is 0. The van der Waals surface area contributed by atoms with Crippen molar-refractivity contribution in [2.75, 3.05) is 6.61 Å². The van der Waals surface area contributed by atoms with Crippen molar-refractivity contribution < 1.29 is 4.74 Å². The summed E-state index contributed by atoms with van der Waals surface area (Å²) in [6, 6.07) is 0. The van der Waals surface area contributed by atoms with E-state index in [0.717, 1.165) is 6.61 Å². The van der Waals surface area contributed by atoms with E-state index in [4.69, 9.17) is 4.74 Å². The van der Waals surface area contributed by atoms with Crippen molar-refractivity contribution in [1.29, 1.82) is 0 Å². The highest BCUT2D eigenvalue weighted by molar-refractivity contribution is 4.53. The van der Waals surface area contributed by atoms with Crippen molar-refractivity contribution in [3.63, 3.8) is 0 Å². The fourth-order valence-electron chi connectivity index (χ4n) is 2.64. The average Bonchev–Trinajstić information content (AvgIpc) is 2.45. The Labute approximate surface area is 128 Å². The van der Waals surface area contributed by atoms with E-state index < -0.39 is 0 Å². The normalized spacial score (nSPS) is 12.8. The monoisotopic (exact) mass is 284 g/mol. The minimum atomic E-state index is 0.473. The first kappa shape index (κ1) is 20.0. The molecule has 1 unspecified atom stereocenters. The summed E-state index contributed by atoms with van der Waals surface area (Å²) >= 11 is 0. The first-order valence-corrected chi connectivity index (χ1v) is 9.42. The summed E-state index contributed by atoms with van der Waals surface area (Å²) in [5.74, 6) is 0. The van der Waals surface area contributed by atoms with Crippen molar-refractivity contribution >= 4 is 0 Å². The molecule has 0 saturated heterocycles. The van der Waals surface area contributed by atoms with Crippen LogP contribution in [0.3, 0.4) is 0 Å². The summed E-state index contributed by atoms with van der Waals surface area (Å²) in [6.45, 7) is 7.77. The Morgan fingerprint density at radius 1 is 0.600 bits per heavy atom. The molecule has 0 aromatic rings. The molecule has 20 heavy (non-hydrogen) atoms. The van der Waals surface area contributed by atoms with Gasteiger partial charge in [0.25, 0.3) is 0 Å². The van der Waals surface area contributed by atoms with Crippen LogP contribution in [0.25, 0.3) is 0 Å². The summed E-state index contributed by atoms with van der Waals surface area (Å²) < 4.78 is 5.90. The fourth-order valence-corrected chi connectivity index (χ4v) is 2.64. The first-order chi connectivity index (χ1) is 9.81. The molecule has 0 bridgehead atoms. The largest absolute Gasteiger partial charge is 0.379 e. The van der Waals surface area contributed by atoms with Crippen LogP contribution in [0, 0.1) is 0 Å².